The fraction of sp³-hybridized carbons (Fsp3) is 0.500. The van der Waals surface area contributed by atoms with E-state index in [0.717, 1.165) is 10.8 Å². The van der Waals surface area contributed by atoms with Crippen molar-refractivity contribution in [1.82, 2.24) is 19.8 Å². The Balaban J connectivity index is 1.77. The lowest BCUT2D eigenvalue weighted by Gasteiger charge is -2.32. The second kappa shape index (κ2) is 6.79. The molecule has 25 heavy (non-hydrogen) atoms. The molecule has 1 saturated carbocycles. The Kier molecular flexibility index (Phi) is 4.50. The van der Waals surface area contributed by atoms with E-state index in [1.54, 1.807) is 0 Å². The van der Waals surface area contributed by atoms with E-state index in [1.165, 1.54) is 31.4 Å². The van der Waals surface area contributed by atoms with Gasteiger partial charge in [0, 0.05) is 30.2 Å². The maximum Gasteiger partial charge on any atom is 0.170 e. The summed E-state index contributed by atoms with van der Waals surface area (Å²) >= 11 is 5.70. The van der Waals surface area contributed by atoms with Crippen LogP contribution in [0.1, 0.15) is 69.0 Å². The van der Waals surface area contributed by atoms with Crippen LogP contribution in [-0.2, 0) is 0 Å². The summed E-state index contributed by atoms with van der Waals surface area (Å²) in [6, 6.07) is 11.8. The van der Waals surface area contributed by atoms with Gasteiger partial charge in [-0.05, 0) is 63.2 Å². The number of nitrogens with zero attached hydrogens (tertiary/aromatic N) is 3. The van der Waals surface area contributed by atoms with Crippen LogP contribution in [0.15, 0.2) is 42.7 Å². The number of aromatic nitrogens is 2. The van der Waals surface area contributed by atoms with Crippen molar-refractivity contribution in [2.45, 2.75) is 63.7 Å². The van der Waals surface area contributed by atoms with Crippen LogP contribution in [-0.4, -0.2) is 25.6 Å². The second-order valence-electron chi connectivity index (χ2n) is 7.41. The summed E-state index contributed by atoms with van der Waals surface area (Å²) in [6.07, 6.45) is 9.35. The Hall–Kier alpha value is -1.88. The van der Waals surface area contributed by atoms with E-state index in [4.69, 9.17) is 12.2 Å². The molecule has 0 unspecified atom stereocenters. The highest BCUT2D eigenvalue weighted by atomic mass is 32.1. The van der Waals surface area contributed by atoms with Gasteiger partial charge in [-0.2, -0.15) is 0 Å². The average molecular weight is 355 g/mol. The largest absolute Gasteiger partial charge is 0.352 e. The van der Waals surface area contributed by atoms with Crippen LogP contribution in [0, 0.1) is 0 Å². The quantitative estimate of drug-likeness (QED) is 0.826. The predicted octanol–water partition coefficient (Wildman–Crippen LogP) is 4.38. The van der Waals surface area contributed by atoms with E-state index < -0.39 is 0 Å². The minimum absolute atomic E-state index is 0.0890. The van der Waals surface area contributed by atoms with Crippen molar-refractivity contribution in [3.05, 3.63) is 54.1 Å². The molecule has 4 nitrogen and oxygen atoms in total. The van der Waals surface area contributed by atoms with Crippen LogP contribution in [0.5, 0.6) is 0 Å². The molecule has 4 rings (SSSR count). The smallest absolute Gasteiger partial charge is 0.170 e. The molecule has 0 radical (unpaired) electrons. The number of hydrogen-bond donors (Lipinski definition) is 1. The third kappa shape index (κ3) is 2.95. The maximum absolute atomic E-state index is 5.70. The van der Waals surface area contributed by atoms with Crippen LogP contribution in [0.25, 0.3) is 0 Å². The lowest BCUT2D eigenvalue weighted by atomic mass is 10.00. The number of rotatable bonds is 4. The number of hydrogen-bond acceptors (Lipinski definition) is 2. The van der Waals surface area contributed by atoms with Gasteiger partial charge in [-0.3, -0.25) is 4.98 Å². The molecule has 2 fully saturated rings. The molecular weight excluding hydrogens is 328 g/mol. The van der Waals surface area contributed by atoms with Gasteiger partial charge >= 0.3 is 0 Å². The molecule has 1 aliphatic heterocycles. The molecule has 2 aromatic heterocycles. The normalized spacial score (nSPS) is 24.3. The molecule has 3 heterocycles. The van der Waals surface area contributed by atoms with Gasteiger partial charge in [0.2, 0.25) is 0 Å². The van der Waals surface area contributed by atoms with Gasteiger partial charge in [-0.15, -0.1) is 0 Å². The van der Waals surface area contributed by atoms with E-state index >= 15 is 0 Å². The van der Waals surface area contributed by atoms with Gasteiger partial charge in [-0.25, -0.2) is 0 Å². The summed E-state index contributed by atoms with van der Waals surface area (Å²) in [7, 11) is 0. The predicted molar refractivity (Wildman–Crippen MR) is 104 cm³/mol. The minimum atomic E-state index is 0.0890. The van der Waals surface area contributed by atoms with E-state index in [9.17, 15) is 0 Å². The second-order valence-corrected chi connectivity index (χ2v) is 7.79. The van der Waals surface area contributed by atoms with E-state index in [0.29, 0.717) is 12.1 Å². The summed E-state index contributed by atoms with van der Waals surface area (Å²) in [5.41, 5.74) is 2.40. The van der Waals surface area contributed by atoms with Crippen molar-refractivity contribution in [3.63, 3.8) is 0 Å². The summed E-state index contributed by atoms with van der Waals surface area (Å²) in [5, 5.41) is 4.37. The van der Waals surface area contributed by atoms with Crippen LogP contribution in [0.4, 0.5) is 0 Å². The van der Waals surface area contributed by atoms with Crippen molar-refractivity contribution in [3.8, 4) is 0 Å². The molecular formula is C20H26N4S. The number of nitrogens with one attached hydrogen (secondary N) is 1. The molecule has 2 atom stereocenters. The summed E-state index contributed by atoms with van der Waals surface area (Å²) < 4.78 is 2.50. The first kappa shape index (κ1) is 16.6. The first-order chi connectivity index (χ1) is 12.2. The Morgan fingerprint density at radius 3 is 2.64 bits per heavy atom. The first-order valence-corrected chi connectivity index (χ1v) is 9.74. The SMILES string of the molecule is CC(C)N1C(=S)N[C@@H](c2ccccn2)[C@H]1c1cccn1C1CCCC1. The summed E-state index contributed by atoms with van der Waals surface area (Å²) in [4.78, 5) is 6.96. The average Bonchev–Trinajstić information content (AvgIpc) is 3.33. The lowest BCUT2D eigenvalue weighted by molar-refractivity contribution is 0.254. The van der Waals surface area contributed by atoms with Crippen molar-refractivity contribution < 1.29 is 0 Å². The summed E-state index contributed by atoms with van der Waals surface area (Å²) in [6.45, 7) is 4.43. The first-order valence-electron chi connectivity index (χ1n) is 9.33. The van der Waals surface area contributed by atoms with Crippen LogP contribution in [0.3, 0.4) is 0 Å². The van der Waals surface area contributed by atoms with E-state index in [-0.39, 0.29) is 12.1 Å². The van der Waals surface area contributed by atoms with Gasteiger partial charge < -0.3 is 14.8 Å². The highest BCUT2D eigenvalue weighted by Crippen LogP contribution is 2.42. The third-order valence-corrected chi connectivity index (χ3v) is 5.85. The van der Waals surface area contributed by atoms with Crippen molar-refractivity contribution in [1.29, 1.82) is 0 Å². The lowest BCUT2D eigenvalue weighted by Crippen LogP contribution is -2.36. The standard InChI is InChI=1S/C20H26N4S/c1-14(2)24-19(17-11-7-13-23(17)15-8-3-4-9-15)18(22-20(24)25)16-10-5-6-12-21-16/h5-7,10-15,18-19H,3-4,8-9H2,1-2H3,(H,22,25)/t18-,19+/m0/s1. The van der Waals surface area contributed by atoms with Crippen LogP contribution in [0.2, 0.25) is 0 Å². The van der Waals surface area contributed by atoms with E-state index in [2.05, 4.69) is 64.1 Å². The molecule has 2 aliphatic rings. The zero-order chi connectivity index (χ0) is 17.4. The topological polar surface area (TPSA) is 33.1 Å². The molecule has 0 spiro atoms. The summed E-state index contributed by atoms with van der Waals surface area (Å²) in [5.74, 6) is 0. The fourth-order valence-corrected chi connectivity index (χ4v) is 4.86. The van der Waals surface area contributed by atoms with Crippen molar-refractivity contribution in [2.24, 2.45) is 0 Å². The molecule has 0 amide bonds. The zero-order valence-electron chi connectivity index (χ0n) is 14.9. The molecule has 5 heteroatoms. The minimum Gasteiger partial charge on any atom is -0.352 e. The molecule has 0 bridgehead atoms. The Bertz CT molecular complexity index is 733. The van der Waals surface area contributed by atoms with E-state index in [1.807, 2.05) is 12.3 Å². The van der Waals surface area contributed by atoms with Gasteiger partial charge in [-0.1, -0.05) is 18.9 Å². The monoisotopic (exact) mass is 354 g/mol. The molecule has 1 saturated heterocycles. The van der Waals surface area contributed by atoms with Gasteiger partial charge in [0.05, 0.1) is 17.8 Å². The number of thiocarbonyl (C=S) groups is 1. The maximum atomic E-state index is 5.70. The van der Waals surface area contributed by atoms with Gasteiger partial charge in [0.25, 0.3) is 0 Å². The number of pyridine rings is 1. The highest BCUT2D eigenvalue weighted by molar-refractivity contribution is 7.80. The Labute approximate surface area is 155 Å². The zero-order valence-corrected chi connectivity index (χ0v) is 15.7. The van der Waals surface area contributed by atoms with Crippen molar-refractivity contribution in [2.75, 3.05) is 0 Å². The van der Waals surface area contributed by atoms with Gasteiger partial charge in [0.1, 0.15) is 0 Å². The van der Waals surface area contributed by atoms with Crippen LogP contribution < -0.4 is 5.32 Å². The molecule has 132 valence electrons. The van der Waals surface area contributed by atoms with Gasteiger partial charge in [0.15, 0.2) is 5.11 Å². The molecule has 2 aromatic rings. The fourth-order valence-electron chi connectivity index (χ4n) is 4.41. The molecule has 0 aromatic carbocycles. The Morgan fingerprint density at radius 2 is 1.96 bits per heavy atom. The molecule has 1 aliphatic carbocycles. The highest BCUT2D eigenvalue weighted by Gasteiger charge is 2.42. The molecule has 1 N–H and O–H groups in total. The van der Waals surface area contributed by atoms with Crippen molar-refractivity contribution >= 4 is 17.3 Å². The Morgan fingerprint density at radius 1 is 1.16 bits per heavy atom. The third-order valence-electron chi connectivity index (χ3n) is 5.52. The van der Waals surface area contributed by atoms with Crippen LogP contribution >= 0.6 is 12.2 Å².